The first-order chi connectivity index (χ1) is 9.78. The molecule has 0 aliphatic carbocycles. The molecule has 1 aliphatic rings. The molecular weight excluding hydrogens is 244 g/mol. The van der Waals surface area contributed by atoms with Gasteiger partial charge in [0.25, 0.3) is 0 Å². The predicted octanol–water partition coefficient (Wildman–Crippen LogP) is 3.33. The van der Waals surface area contributed by atoms with Crippen molar-refractivity contribution in [3.05, 3.63) is 35.9 Å². The van der Waals surface area contributed by atoms with Crippen LogP contribution in [-0.2, 0) is 6.42 Å². The molecule has 1 heterocycles. The summed E-state index contributed by atoms with van der Waals surface area (Å²) in [6, 6.07) is 11.6. The SMILES string of the molecule is CCCNC(C)CN1CCC(Cc2ccccc2)CC1. The van der Waals surface area contributed by atoms with Gasteiger partial charge in [-0.3, -0.25) is 0 Å². The smallest absolute Gasteiger partial charge is 0.0166 e. The molecular formula is C18H30N2. The van der Waals surface area contributed by atoms with E-state index in [9.17, 15) is 0 Å². The summed E-state index contributed by atoms with van der Waals surface area (Å²) < 4.78 is 0. The fraction of sp³-hybridized carbons (Fsp3) is 0.667. The molecule has 112 valence electrons. The van der Waals surface area contributed by atoms with Gasteiger partial charge in [0.15, 0.2) is 0 Å². The van der Waals surface area contributed by atoms with Gasteiger partial charge >= 0.3 is 0 Å². The van der Waals surface area contributed by atoms with Gasteiger partial charge in [0.1, 0.15) is 0 Å². The molecule has 0 amide bonds. The molecule has 1 fully saturated rings. The summed E-state index contributed by atoms with van der Waals surface area (Å²) in [4.78, 5) is 2.63. The van der Waals surface area contributed by atoms with Crippen LogP contribution in [0.3, 0.4) is 0 Å². The first kappa shape index (κ1) is 15.5. The number of piperidine rings is 1. The van der Waals surface area contributed by atoms with Crippen LogP contribution in [0.15, 0.2) is 30.3 Å². The van der Waals surface area contributed by atoms with Crippen molar-refractivity contribution in [3.63, 3.8) is 0 Å². The number of hydrogen-bond donors (Lipinski definition) is 1. The first-order valence-corrected chi connectivity index (χ1v) is 8.27. The van der Waals surface area contributed by atoms with Crippen LogP contribution in [-0.4, -0.2) is 37.1 Å². The van der Waals surface area contributed by atoms with E-state index in [-0.39, 0.29) is 0 Å². The standard InChI is InChI=1S/C18H30N2/c1-3-11-19-16(2)15-20-12-9-18(10-13-20)14-17-7-5-4-6-8-17/h4-8,16,18-19H,3,9-15H2,1-2H3. The highest BCUT2D eigenvalue weighted by Crippen LogP contribution is 2.21. The van der Waals surface area contributed by atoms with Crippen LogP contribution in [0, 0.1) is 5.92 Å². The molecule has 1 aromatic rings. The van der Waals surface area contributed by atoms with Crippen molar-refractivity contribution >= 4 is 0 Å². The van der Waals surface area contributed by atoms with Gasteiger partial charge < -0.3 is 10.2 Å². The van der Waals surface area contributed by atoms with Crippen LogP contribution >= 0.6 is 0 Å². The second-order valence-corrected chi connectivity index (χ2v) is 6.29. The largest absolute Gasteiger partial charge is 0.313 e. The Morgan fingerprint density at radius 3 is 2.55 bits per heavy atom. The molecule has 2 rings (SSSR count). The van der Waals surface area contributed by atoms with Crippen LogP contribution in [0.5, 0.6) is 0 Å². The molecule has 0 aromatic heterocycles. The number of likely N-dealkylation sites (tertiary alicyclic amines) is 1. The minimum Gasteiger partial charge on any atom is -0.313 e. The van der Waals surface area contributed by atoms with Crippen LogP contribution in [0.25, 0.3) is 0 Å². The maximum atomic E-state index is 3.59. The van der Waals surface area contributed by atoms with Gasteiger partial charge in [-0.25, -0.2) is 0 Å². The molecule has 0 spiro atoms. The summed E-state index contributed by atoms with van der Waals surface area (Å²) in [5.74, 6) is 0.882. The quantitative estimate of drug-likeness (QED) is 0.820. The van der Waals surface area contributed by atoms with Gasteiger partial charge in [-0.15, -0.1) is 0 Å². The Balaban J connectivity index is 1.67. The molecule has 1 atom stereocenters. The average Bonchev–Trinajstić information content (AvgIpc) is 2.48. The third-order valence-corrected chi connectivity index (χ3v) is 4.35. The van der Waals surface area contributed by atoms with Crippen molar-refractivity contribution in [2.45, 2.75) is 45.6 Å². The summed E-state index contributed by atoms with van der Waals surface area (Å²) in [7, 11) is 0. The van der Waals surface area contributed by atoms with Crippen LogP contribution in [0.1, 0.15) is 38.7 Å². The van der Waals surface area contributed by atoms with Gasteiger partial charge in [-0.05, 0) is 63.7 Å². The van der Waals surface area contributed by atoms with Crippen molar-refractivity contribution in [3.8, 4) is 0 Å². The third kappa shape index (κ3) is 5.26. The van der Waals surface area contributed by atoms with E-state index in [1.54, 1.807) is 0 Å². The fourth-order valence-corrected chi connectivity index (χ4v) is 3.16. The number of hydrogen-bond acceptors (Lipinski definition) is 2. The number of rotatable bonds is 7. The Bertz CT molecular complexity index is 355. The minimum absolute atomic E-state index is 0.626. The van der Waals surface area contributed by atoms with Gasteiger partial charge in [-0.2, -0.15) is 0 Å². The number of nitrogens with zero attached hydrogens (tertiary/aromatic N) is 1. The molecule has 0 saturated carbocycles. The molecule has 1 aromatic carbocycles. The number of nitrogens with one attached hydrogen (secondary N) is 1. The minimum atomic E-state index is 0.626. The Hall–Kier alpha value is -0.860. The highest BCUT2D eigenvalue weighted by molar-refractivity contribution is 5.15. The topological polar surface area (TPSA) is 15.3 Å². The molecule has 1 unspecified atom stereocenters. The van der Waals surface area contributed by atoms with Gasteiger partial charge in [0, 0.05) is 12.6 Å². The maximum absolute atomic E-state index is 3.59. The summed E-state index contributed by atoms with van der Waals surface area (Å²) in [6.45, 7) is 9.44. The second kappa shape index (κ2) is 8.43. The summed E-state index contributed by atoms with van der Waals surface area (Å²) in [5, 5.41) is 3.59. The monoisotopic (exact) mass is 274 g/mol. The molecule has 20 heavy (non-hydrogen) atoms. The van der Waals surface area contributed by atoms with Gasteiger partial charge in [0.2, 0.25) is 0 Å². The fourth-order valence-electron chi connectivity index (χ4n) is 3.16. The van der Waals surface area contributed by atoms with Crippen molar-refractivity contribution in [1.82, 2.24) is 10.2 Å². The summed E-state index contributed by atoms with van der Waals surface area (Å²) >= 11 is 0. The van der Waals surface area contributed by atoms with Crippen molar-refractivity contribution in [2.75, 3.05) is 26.2 Å². The lowest BCUT2D eigenvalue weighted by molar-refractivity contribution is 0.171. The highest BCUT2D eigenvalue weighted by atomic mass is 15.1. The zero-order valence-electron chi connectivity index (χ0n) is 13.1. The summed E-state index contributed by atoms with van der Waals surface area (Å²) in [6.07, 6.45) is 5.20. The van der Waals surface area contributed by atoms with Crippen molar-refractivity contribution in [1.29, 1.82) is 0 Å². The summed E-state index contributed by atoms with van der Waals surface area (Å²) in [5.41, 5.74) is 1.50. The Labute approximate surface area is 124 Å². The van der Waals surface area contributed by atoms with E-state index in [0.29, 0.717) is 6.04 Å². The molecule has 1 saturated heterocycles. The molecule has 0 bridgehead atoms. The van der Waals surface area contributed by atoms with Crippen molar-refractivity contribution in [2.24, 2.45) is 5.92 Å². The lowest BCUT2D eigenvalue weighted by Crippen LogP contribution is -2.43. The van der Waals surface area contributed by atoms with Crippen LogP contribution in [0.2, 0.25) is 0 Å². The zero-order chi connectivity index (χ0) is 14.2. The van der Waals surface area contributed by atoms with Crippen molar-refractivity contribution < 1.29 is 0 Å². The Morgan fingerprint density at radius 2 is 1.90 bits per heavy atom. The average molecular weight is 274 g/mol. The van der Waals surface area contributed by atoms with E-state index < -0.39 is 0 Å². The highest BCUT2D eigenvalue weighted by Gasteiger charge is 2.20. The van der Waals surface area contributed by atoms with Crippen LogP contribution < -0.4 is 5.32 Å². The lowest BCUT2D eigenvalue weighted by Gasteiger charge is -2.33. The van der Waals surface area contributed by atoms with E-state index in [1.807, 2.05) is 0 Å². The Morgan fingerprint density at radius 1 is 1.20 bits per heavy atom. The second-order valence-electron chi connectivity index (χ2n) is 6.29. The molecule has 2 nitrogen and oxygen atoms in total. The maximum Gasteiger partial charge on any atom is 0.0166 e. The number of benzene rings is 1. The van der Waals surface area contributed by atoms with Gasteiger partial charge in [0.05, 0.1) is 0 Å². The third-order valence-electron chi connectivity index (χ3n) is 4.35. The zero-order valence-corrected chi connectivity index (χ0v) is 13.1. The Kier molecular flexibility index (Phi) is 6.55. The van der Waals surface area contributed by atoms with Crippen LogP contribution in [0.4, 0.5) is 0 Å². The molecule has 1 N–H and O–H groups in total. The lowest BCUT2D eigenvalue weighted by atomic mass is 9.90. The molecule has 2 heteroatoms. The van der Waals surface area contributed by atoms with E-state index in [2.05, 4.69) is 54.4 Å². The van der Waals surface area contributed by atoms with E-state index in [4.69, 9.17) is 0 Å². The molecule has 0 radical (unpaired) electrons. The normalized spacial score (nSPS) is 19.1. The molecule has 1 aliphatic heterocycles. The van der Waals surface area contributed by atoms with E-state index in [0.717, 1.165) is 12.5 Å². The predicted molar refractivity (Wildman–Crippen MR) is 87.1 cm³/mol. The van der Waals surface area contributed by atoms with E-state index >= 15 is 0 Å². The van der Waals surface area contributed by atoms with Gasteiger partial charge in [-0.1, -0.05) is 37.3 Å². The first-order valence-electron chi connectivity index (χ1n) is 8.27. The van der Waals surface area contributed by atoms with E-state index in [1.165, 1.54) is 50.9 Å².